The van der Waals surface area contributed by atoms with E-state index in [4.69, 9.17) is 0 Å². The molecule has 0 radical (unpaired) electrons. The second-order valence-electron chi connectivity index (χ2n) is 8.58. The predicted octanol–water partition coefficient (Wildman–Crippen LogP) is 4.98. The average Bonchev–Trinajstić information content (AvgIpc) is 2.51. The molecule has 0 amide bonds. The van der Waals surface area contributed by atoms with Gasteiger partial charge in [0, 0.05) is 0 Å². The van der Waals surface area contributed by atoms with Crippen molar-refractivity contribution in [2.75, 3.05) is 0 Å². The summed E-state index contributed by atoms with van der Waals surface area (Å²) in [6.45, 7) is 20.6. The van der Waals surface area contributed by atoms with Crippen molar-refractivity contribution in [2.24, 2.45) is 0 Å². The normalized spacial score (nSPS) is 11.4. The zero-order chi connectivity index (χ0) is 20.7. The zero-order valence-corrected chi connectivity index (χ0v) is 21.5. The fourth-order valence-corrected chi connectivity index (χ4v) is 14.0. The third-order valence-electron chi connectivity index (χ3n) is 5.58. The molecule has 0 spiro atoms. The van der Waals surface area contributed by atoms with Gasteiger partial charge < -0.3 is 0 Å². The summed E-state index contributed by atoms with van der Waals surface area (Å²) < 4.78 is 4.95. The van der Waals surface area contributed by atoms with Gasteiger partial charge in [-0.05, 0) is 0 Å². The molecule has 0 heterocycles. The van der Waals surface area contributed by atoms with Crippen molar-refractivity contribution in [1.82, 2.24) is 0 Å². The van der Waals surface area contributed by atoms with E-state index in [-0.39, 0.29) is 0 Å². The van der Waals surface area contributed by atoms with Crippen LogP contribution in [0.4, 0.5) is 0 Å². The Morgan fingerprint density at radius 3 is 0.714 bits per heavy atom. The Balaban J connectivity index is 2.45. The Kier molecular flexibility index (Phi) is 6.11. The molecule has 1 heteroatoms. The summed E-state index contributed by atoms with van der Waals surface area (Å²) in [7, 11) is 0. The first-order chi connectivity index (χ1) is 13.1. The van der Waals surface area contributed by atoms with Gasteiger partial charge in [-0.25, -0.2) is 0 Å². The minimum absolute atomic E-state index is 1.37. The molecule has 0 N–H and O–H groups in total. The van der Waals surface area contributed by atoms with Gasteiger partial charge in [0.05, 0.1) is 0 Å². The van der Waals surface area contributed by atoms with E-state index >= 15 is 0 Å². The standard InChI is InChI=1S/3C9H11.Sb/c3*1-7-4-8(2)6-9(3)5-7;/h3*4-5H,1-3H3;. The van der Waals surface area contributed by atoms with Gasteiger partial charge in [-0.15, -0.1) is 0 Å². The molecule has 0 saturated carbocycles. The van der Waals surface area contributed by atoms with Gasteiger partial charge in [-0.3, -0.25) is 0 Å². The summed E-state index contributed by atoms with van der Waals surface area (Å²) >= 11 is -2.21. The molecular weight excluding hydrogens is 446 g/mol. The van der Waals surface area contributed by atoms with Crippen molar-refractivity contribution in [3.63, 3.8) is 0 Å². The van der Waals surface area contributed by atoms with Crippen LogP contribution < -0.4 is 10.5 Å². The maximum atomic E-state index is 2.39. The molecule has 0 aromatic heterocycles. The predicted molar refractivity (Wildman–Crippen MR) is 127 cm³/mol. The van der Waals surface area contributed by atoms with Crippen LogP contribution in [0.5, 0.6) is 0 Å². The van der Waals surface area contributed by atoms with E-state index in [9.17, 15) is 0 Å². The van der Waals surface area contributed by atoms with Gasteiger partial charge >= 0.3 is 180 Å². The topological polar surface area (TPSA) is 0 Å². The number of hydrogen-bond donors (Lipinski definition) is 0. The number of benzene rings is 3. The van der Waals surface area contributed by atoms with Crippen LogP contribution in [-0.4, -0.2) is 20.2 Å². The van der Waals surface area contributed by atoms with Crippen LogP contribution in [0.1, 0.15) is 50.1 Å². The van der Waals surface area contributed by atoms with E-state index in [0.717, 1.165) is 0 Å². The Bertz CT molecular complexity index is 850. The molecule has 3 rings (SSSR count). The Morgan fingerprint density at radius 1 is 0.357 bits per heavy atom. The molecule has 0 aliphatic heterocycles. The van der Waals surface area contributed by atoms with Crippen molar-refractivity contribution >= 4 is 30.7 Å². The molecule has 0 aliphatic carbocycles. The molecule has 0 fully saturated rings. The van der Waals surface area contributed by atoms with Crippen LogP contribution in [0.15, 0.2) is 36.4 Å². The van der Waals surface area contributed by atoms with E-state index in [1.165, 1.54) is 50.1 Å². The molecule has 0 unspecified atom stereocenters. The summed E-state index contributed by atoms with van der Waals surface area (Å²) in [4.78, 5) is 0. The molecule has 0 saturated heterocycles. The van der Waals surface area contributed by atoms with E-state index in [2.05, 4.69) is 98.7 Å². The minimum atomic E-state index is -2.21. The second-order valence-corrected chi connectivity index (χ2v) is 14.3. The van der Waals surface area contributed by atoms with E-state index in [1.807, 2.05) is 0 Å². The fraction of sp³-hybridized carbons (Fsp3) is 0.333. The van der Waals surface area contributed by atoms with Crippen LogP contribution in [-0.2, 0) is 0 Å². The zero-order valence-electron chi connectivity index (χ0n) is 18.9. The first kappa shape index (κ1) is 21.2. The molecule has 0 bridgehead atoms. The molecule has 0 aliphatic rings. The summed E-state index contributed by atoms with van der Waals surface area (Å²) in [5.74, 6) is 0. The first-order valence-electron chi connectivity index (χ1n) is 10.1. The molecule has 3 aromatic rings. The van der Waals surface area contributed by atoms with Crippen molar-refractivity contribution in [3.8, 4) is 0 Å². The average molecular weight is 479 g/mol. The van der Waals surface area contributed by atoms with Crippen LogP contribution >= 0.6 is 0 Å². The van der Waals surface area contributed by atoms with E-state index < -0.39 is 20.2 Å². The molecule has 28 heavy (non-hydrogen) atoms. The summed E-state index contributed by atoms with van der Waals surface area (Å²) in [5.41, 5.74) is 12.9. The number of rotatable bonds is 3. The van der Waals surface area contributed by atoms with Crippen LogP contribution in [0.25, 0.3) is 0 Å². The van der Waals surface area contributed by atoms with Crippen molar-refractivity contribution in [2.45, 2.75) is 62.3 Å². The number of hydrogen-bond acceptors (Lipinski definition) is 0. The summed E-state index contributed by atoms with van der Waals surface area (Å²) in [5, 5.41) is 0. The van der Waals surface area contributed by atoms with Gasteiger partial charge in [-0.2, -0.15) is 0 Å². The number of aryl methyl sites for hydroxylation is 9. The molecule has 0 nitrogen and oxygen atoms in total. The Labute approximate surface area is 179 Å². The SMILES string of the molecule is Cc1cc(C)[c]([Sb]([c]2c(C)cc(C)cc2C)[c]2c(C)cc(C)cc2C)c(C)c1. The summed E-state index contributed by atoms with van der Waals surface area (Å²) in [6, 6.07) is 14.3. The third kappa shape index (κ3) is 3.95. The van der Waals surface area contributed by atoms with Gasteiger partial charge in [0.2, 0.25) is 0 Å². The van der Waals surface area contributed by atoms with Gasteiger partial charge in [-0.1, -0.05) is 0 Å². The Morgan fingerprint density at radius 2 is 0.536 bits per heavy atom. The summed E-state index contributed by atoms with van der Waals surface area (Å²) in [6.07, 6.45) is 0. The van der Waals surface area contributed by atoms with Crippen LogP contribution in [0.3, 0.4) is 0 Å². The van der Waals surface area contributed by atoms with E-state index in [0.29, 0.717) is 0 Å². The van der Waals surface area contributed by atoms with Crippen molar-refractivity contribution in [3.05, 3.63) is 86.5 Å². The molecule has 0 atom stereocenters. The quantitative estimate of drug-likeness (QED) is 0.465. The molecular formula is C27H33Sb. The van der Waals surface area contributed by atoms with Crippen molar-refractivity contribution < 1.29 is 0 Å². The fourth-order valence-electron chi connectivity index (χ4n) is 4.91. The van der Waals surface area contributed by atoms with Crippen LogP contribution in [0, 0.1) is 62.3 Å². The van der Waals surface area contributed by atoms with Gasteiger partial charge in [0.15, 0.2) is 0 Å². The van der Waals surface area contributed by atoms with Crippen LogP contribution in [0.2, 0.25) is 0 Å². The third-order valence-corrected chi connectivity index (χ3v) is 15.4. The monoisotopic (exact) mass is 478 g/mol. The first-order valence-corrected chi connectivity index (χ1v) is 14.0. The molecule has 146 valence electrons. The van der Waals surface area contributed by atoms with Gasteiger partial charge in [0.1, 0.15) is 0 Å². The molecule has 3 aromatic carbocycles. The maximum absolute atomic E-state index is 2.39. The van der Waals surface area contributed by atoms with Crippen molar-refractivity contribution in [1.29, 1.82) is 0 Å². The second kappa shape index (κ2) is 8.08. The Hall–Kier alpha value is -1.52. The van der Waals surface area contributed by atoms with Gasteiger partial charge in [0.25, 0.3) is 0 Å². The van der Waals surface area contributed by atoms with E-state index in [1.54, 1.807) is 10.5 Å².